The Bertz CT molecular complexity index is 394. The molecule has 0 saturated heterocycles. The molecular weight excluding hydrogens is 391 g/mol. The number of nitrogens with one attached hydrogen (secondary N) is 1. The predicted molar refractivity (Wildman–Crippen MR) is 104 cm³/mol. The van der Waals surface area contributed by atoms with Crippen LogP contribution in [-0.4, -0.2) is 61.9 Å². The van der Waals surface area contributed by atoms with Gasteiger partial charge in [-0.3, -0.25) is 4.79 Å². The summed E-state index contributed by atoms with van der Waals surface area (Å²) in [5.74, 6) is 1.51. The van der Waals surface area contributed by atoms with E-state index in [4.69, 9.17) is 0 Å². The van der Waals surface area contributed by atoms with Crippen LogP contribution < -0.4 is 5.32 Å². The first-order valence-electron chi connectivity index (χ1n) is 7.77. The molecule has 1 aliphatic carbocycles. The van der Waals surface area contributed by atoms with Crippen molar-refractivity contribution in [2.75, 3.05) is 34.2 Å². The fourth-order valence-electron chi connectivity index (χ4n) is 2.31. The van der Waals surface area contributed by atoms with E-state index in [9.17, 15) is 4.79 Å². The third-order valence-electron chi connectivity index (χ3n) is 3.55. The molecule has 0 saturated carbocycles. The Labute approximate surface area is 152 Å². The lowest BCUT2D eigenvalue weighted by molar-refractivity contribution is -0.127. The largest absolute Gasteiger partial charge is 0.354 e. The topological polar surface area (TPSA) is 47.9 Å². The third kappa shape index (κ3) is 8.00. The fourth-order valence-corrected chi connectivity index (χ4v) is 2.31. The molecule has 0 aromatic heterocycles. The molecule has 0 aromatic carbocycles. The molecule has 6 heteroatoms. The molecule has 0 fully saturated rings. The van der Waals surface area contributed by atoms with Crippen molar-refractivity contribution in [1.82, 2.24) is 15.1 Å². The van der Waals surface area contributed by atoms with Crippen molar-refractivity contribution < 1.29 is 4.79 Å². The fraction of sp³-hybridized carbons (Fsp3) is 0.750. The first-order valence-corrected chi connectivity index (χ1v) is 7.77. The number of amides is 1. The maximum atomic E-state index is 11.7. The van der Waals surface area contributed by atoms with Crippen LogP contribution in [0.2, 0.25) is 0 Å². The standard InChI is InChI=1S/C16H30N4O.HI/c1-13(2)18-16(17-11-15(21)19(3)4)20(5)12-14-9-7-6-8-10-14;/h6-7,13-14H,8-12H2,1-5H3,(H,17,18);1H. The van der Waals surface area contributed by atoms with E-state index in [-0.39, 0.29) is 36.4 Å². The smallest absolute Gasteiger partial charge is 0.243 e. The van der Waals surface area contributed by atoms with Gasteiger partial charge in [0, 0.05) is 33.7 Å². The Morgan fingerprint density at radius 1 is 1.32 bits per heavy atom. The molecule has 0 radical (unpaired) electrons. The zero-order valence-corrected chi connectivity index (χ0v) is 16.8. The van der Waals surface area contributed by atoms with E-state index in [1.54, 1.807) is 19.0 Å². The monoisotopic (exact) mass is 422 g/mol. The van der Waals surface area contributed by atoms with Crippen LogP contribution >= 0.6 is 24.0 Å². The van der Waals surface area contributed by atoms with Gasteiger partial charge in [-0.2, -0.15) is 0 Å². The molecule has 0 aromatic rings. The minimum absolute atomic E-state index is 0. The van der Waals surface area contributed by atoms with Crippen LogP contribution in [-0.2, 0) is 4.79 Å². The van der Waals surface area contributed by atoms with Gasteiger partial charge in [0.1, 0.15) is 6.54 Å². The molecule has 1 atom stereocenters. The molecule has 1 amide bonds. The van der Waals surface area contributed by atoms with Crippen LogP contribution in [0.15, 0.2) is 17.1 Å². The average Bonchev–Trinajstić information content (AvgIpc) is 2.43. The summed E-state index contributed by atoms with van der Waals surface area (Å²) in [7, 11) is 5.56. The maximum absolute atomic E-state index is 11.7. The van der Waals surface area contributed by atoms with Gasteiger partial charge in [0.2, 0.25) is 5.91 Å². The number of allylic oxidation sites excluding steroid dienone is 2. The van der Waals surface area contributed by atoms with Crippen molar-refractivity contribution in [3.05, 3.63) is 12.2 Å². The number of likely N-dealkylation sites (N-methyl/N-ethyl adjacent to an activating group) is 1. The predicted octanol–water partition coefficient (Wildman–Crippen LogP) is 2.33. The first kappa shape index (κ1) is 21.2. The SMILES string of the molecule is CC(C)NC(=NCC(=O)N(C)C)N(C)CC1CC=CCC1.I. The molecule has 5 nitrogen and oxygen atoms in total. The molecule has 22 heavy (non-hydrogen) atoms. The van der Waals surface area contributed by atoms with Crippen LogP contribution in [0.1, 0.15) is 33.1 Å². The number of hydrogen-bond donors (Lipinski definition) is 1. The Morgan fingerprint density at radius 2 is 2.00 bits per heavy atom. The van der Waals surface area contributed by atoms with Crippen LogP contribution in [0.25, 0.3) is 0 Å². The van der Waals surface area contributed by atoms with Crippen molar-refractivity contribution in [2.24, 2.45) is 10.9 Å². The number of hydrogen-bond acceptors (Lipinski definition) is 2. The van der Waals surface area contributed by atoms with Crippen molar-refractivity contribution in [1.29, 1.82) is 0 Å². The minimum Gasteiger partial charge on any atom is -0.354 e. The van der Waals surface area contributed by atoms with E-state index in [1.165, 1.54) is 12.8 Å². The zero-order valence-electron chi connectivity index (χ0n) is 14.5. The van der Waals surface area contributed by atoms with Gasteiger partial charge in [-0.15, -0.1) is 24.0 Å². The quantitative estimate of drug-likeness (QED) is 0.320. The summed E-state index contributed by atoms with van der Waals surface area (Å²) < 4.78 is 0. The molecule has 1 unspecified atom stereocenters. The summed E-state index contributed by atoms with van der Waals surface area (Å²) in [4.78, 5) is 19.9. The van der Waals surface area contributed by atoms with Gasteiger partial charge in [0.15, 0.2) is 5.96 Å². The van der Waals surface area contributed by atoms with E-state index in [1.807, 2.05) is 7.05 Å². The van der Waals surface area contributed by atoms with Crippen LogP contribution in [0, 0.1) is 5.92 Å². The Hall–Kier alpha value is -0.790. The molecule has 0 bridgehead atoms. The lowest BCUT2D eigenvalue weighted by atomic mass is 9.94. The second-order valence-electron chi connectivity index (χ2n) is 6.26. The summed E-state index contributed by atoms with van der Waals surface area (Å²) in [6.07, 6.45) is 8.06. The summed E-state index contributed by atoms with van der Waals surface area (Å²) >= 11 is 0. The summed E-state index contributed by atoms with van der Waals surface area (Å²) in [5, 5.41) is 3.35. The van der Waals surface area contributed by atoms with E-state index < -0.39 is 0 Å². The van der Waals surface area contributed by atoms with Crippen molar-refractivity contribution in [3.63, 3.8) is 0 Å². The van der Waals surface area contributed by atoms with Crippen molar-refractivity contribution in [2.45, 2.75) is 39.2 Å². The van der Waals surface area contributed by atoms with Crippen LogP contribution in [0.3, 0.4) is 0 Å². The van der Waals surface area contributed by atoms with Crippen molar-refractivity contribution in [3.8, 4) is 0 Å². The normalized spacial score (nSPS) is 17.9. The van der Waals surface area contributed by atoms with Gasteiger partial charge in [-0.25, -0.2) is 4.99 Å². The van der Waals surface area contributed by atoms with Gasteiger partial charge in [-0.05, 0) is 39.0 Å². The Morgan fingerprint density at radius 3 is 2.50 bits per heavy atom. The summed E-state index contributed by atoms with van der Waals surface area (Å²) in [6, 6.07) is 0.298. The Balaban J connectivity index is 0.00000441. The molecule has 1 rings (SSSR count). The number of rotatable bonds is 5. The maximum Gasteiger partial charge on any atom is 0.243 e. The number of nitrogens with zero attached hydrogens (tertiary/aromatic N) is 3. The summed E-state index contributed by atoms with van der Waals surface area (Å²) in [5.41, 5.74) is 0. The number of carbonyl (C=O) groups is 1. The van der Waals surface area contributed by atoms with Crippen LogP contribution in [0.5, 0.6) is 0 Å². The van der Waals surface area contributed by atoms with E-state index in [0.717, 1.165) is 18.9 Å². The highest BCUT2D eigenvalue weighted by atomic mass is 127. The van der Waals surface area contributed by atoms with Gasteiger partial charge in [0.25, 0.3) is 0 Å². The number of halogens is 1. The highest BCUT2D eigenvalue weighted by Gasteiger charge is 2.16. The lowest BCUT2D eigenvalue weighted by Gasteiger charge is -2.29. The second-order valence-corrected chi connectivity index (χ2v) is 6.26. The zero-order chi connectivity index (χ0) is 15.8. The molecule has 0 spiro atoms. The molecule has 1 aliphatic rings. The number of guanidine groups is 1. The van der Waals surface area contributed by atoms with Crippen molar-refractivity contribution >= 4 is 35.8 Å². The first-order chi connectivity index (χ1) is 9.90. The Kier molecular flexibility index (Phi) is 10.5. The van der Waals surface area contributed by atoms with Gasteiger partial charge in [-0.1, -0.05) is 12.2 Å². The van der Waals surface area contributed by atoms with Gasteiger partial charge < -0.3 is 15.1 Å². The third-order valence-corrected chi connectivity index (χ3v) is 3.55. The second kappa shape index (κ2) is 10.9. The van der Waals surface area contributed by atoms with E-state index in [2.05, 4.69) is 41.2 Å². The highest BCUT2D eigenvalue weighted by Crippen LogP contribution is 2.18. The highest BCUT2D eigenvalue weighted by molar-refractivity contribution is 14.0. The summed E-state index contributed by atoms with van der Waals surface area (Å²) in [6.45, 7) is 5.33. The number of aliphatic imine (C=N–C) groups is 1. The molecule has 0 heterocycles. The molecular formula is C16H31IN4O. The van der Waals surface area contributed by atoms with E-state index in [0.29, 0.717) is 12.0 Å². The molecule has 128 valence electrons. The number of carbonyl (C=O) groups excluding carboxylic acids is 1. The van der Waals surface area contributed by atoms with E-state index >= 15 is 0 Å². The molecule has 0 aliphatic heterocycles. The average molecular weight is 422 g/mol. The lowest BCUT2D eigenvalue weighted by Crippen LogP contribution is -2.44. The van der Waals surface area contributed by atoms with Gasteiger partial charge >= 0.3 is 0 Å². The minimum atomic E-state index is 0. The van der Waals surface area contributed by atoms with Gasteiger partial charge in [0.05, 0.1) is 0 Å². The van der Waals surface area contributed by atoms with Crippen LogP contribution in [0.4, 0.5) is 0 Å². The molecule has 1 N–H and O–H groups in total.